The number of rotatable bonds is 0. The maximum Gasteiger partial charge on any atom is 0.0278 e. The molecule has 0 fully saturated rings. The van der Waals surface area contributed by atoms with E-state index in [0.717, 1.165) is 6.42 Å². The monoisotopic (exact) mass is 97.0 g/mol. The molecule has 7 heavy (non-hydrogen) atoms. The van der Waals surface area contributed by atoms with Crippen molar-refractivity contribution in [2.24, 2.45) is 5.10 Å². The molecule has 0 radical (unpaired) electrons. The SMILES string of the molecule is [O-]N1C=CCC=N1. The van der Waals surface area contributed by atoms with E-state index in [-0.39, 0.29) is 0 Å². The summed E-state index contributed by atoms with van der Waals surface area (Å²) in [5.74, 6) is 0. The summed E-state index contributed by atoms with van der Waals surface area (Å²) < 4.78 is 0. The summed E-state index contributed by atoms with van der Waals surface area (Å²) >= 11 is 0. The summed E-state index contributed by atoms with van der Waals surface area (Å²) in [5.41, 5.74) is 0. The van der Waals surface area contributed by atoms with Gasteiger partial charge in [0.2, 0.25) is 0 Å². The largest absolute Gasteiger partial charge is 0.738 e. The van der Waals surface area contributed by atoms with E-state index < -0.39 is 0 Å². The van der Waals surface area contributed by atoms with Gasteiger partial charge in [-0.3, -0.25) is 0 Å². The fourth-order valence-corrected chi connectivity index (χ4v) is 0.378. The predicted molar refractivity (Wildman–Crippen MR) is 27.5 cm³/mol. The predicted octanol–water partition coefficient (Wildman–Crippen LogP) is 0.689. The Balaban J connectivity index is 2.49. The van der Waals surface area contributed by atoms with Crippen LogP contribution in [0.4, 0.5) is 0 Å². The first kappa shape index (κ1) is 4.33. The second kappa shape index (κ2) is 1.75. The second-order valence-corrected chi connectivity index (χ2v) is 1.22. The molecule has 0 N–H and O–H groups in total. The number of hydrogen-bond acceptors (Lipinski definition) is 3. The summed E-state index contributed by atoms with van der Waals surface area (Å²) in [4.78, 5) is 0. The van der Waals surface area contributed by atoms with Gasteiger partial charge in [0.25, 0.3) is 0 Å². The molecule has 38 valence electrons. The van der Waals surface area contributed by atoms with E-state index in [4.69, 9.17) is 0 Å². The van der Waals surface area contributed by atoms with Crippen molar-refractivity contribution in [1.29, 1.82) is 0 Å². The zero-order chi connectivity index (χ0) is 5.11. The van der Waals surface area contributed by atoms with Crippen LogP contribution in [-0.4, -0.2) is 11.4 Å². The molecule has 1 rings (SSSR count). The third-order valence-electron chi connectivity index (χ3n) is 0.670. The molecule has 0 aliphatic carbocycles. The van der Waals surface area contributed by atoms with E-state index in [1.165, 1.54) is 6.20 Å². The molecule has 0 aromatic heterocycles. The minimum absolute atomic E-state index is 0.531. The fourth-order valence-electron chi connectivity index (χ4n) is 0.378. The van der Waals surface area contributed by atoms with Gasteiger partial charge in [0.1, 0.15) is 0 Å². The van der Waals surface area contributed by atoms with Crippen molar-refractivity contribution in [2.75, 3.05) is 0 Å². The van der Waals surface area contributed by atoms with Crippen molar-refractivity contribution in [3.8, 4) is 0 Å². The quantitative estimate of drug-likeness (QED) is 0.446. The Bertz CT molecular complexity index is 96.3. The van der Waals surface area contributed by atoms with Crippen molar-refractivity contribution >= 4 is 6.21 Å². The molecule has 1 aliphatic rings. The van der Waals surface area contributed by atoms with Gasteiger partial charge in [0.05, 0.1) is 0 Å². The van der Waals surface area contributed by atoms with Crippen LogP contribution in [0.5, 0.6) is 0 Å². The van der Waals surface area contributed by atoms with Crippen molar-refractivity contribution in [2.45, 2.75) is 6.42 Å². The molecule has 0 atom stereocenters. The van der Waals surface area contributed by atoms with Crippen LogP contribution in [0.1, 0.15) is 6.42 Å². The van der Waals surface area contributed by atoms with Gasteiger partial charge in [-0.05, 0) is 0 Å². The Kier molecular flexibility index (Phi) is 1.08. The molecule has 3 nitrogen and oxygen atoms in total. The van der Waals surface area contributed by atoms with Crippen LogP contribution in [0, 0.1) is 5.21 Å². The lowest BCUT2D eigenvalue weighted by Crippen LogP contribution is -2.01. The van der Waals surface area contributed by atoms with Gasteiger partial charge in [-0.25, -0.2) is 0 Å². The van der Waals surface area contributed by atoms with Gasteiger partial charge < -0.3 is 10.4 Å². The summed E-state index contributed by atoms with van der Waals surface area (Å²) in [6.45, 7) is 0. The molecule has 1 aliphatic heterocycles. The number of allylic oxidation sites excluding steroid dienone is 1. The number of hydrogen-bond donors (Lipinski definition) is 0. The van der Waals surface area contributed by atoms with E-state index >= 15 is 0 Å². The molecule has 0 aromatic rings. The highest BCUT2D eigenvalue weighted by Gasteiger charge is 1.79. The Hall–Kier alpha value is -0.830. The maximum atomic E-state index is 10.1. The third kappa shape index (κ3) is 1.01. The Morgan fingerprint density at radius 3 is 2.86 bits per heavy atom. The lowest BCUT2D eigenvalue weighted by molar-refractivity contribution is 0.543. The molecule has 0 saturated heterocycles. The average Bonchev–Trinajstić information content (AvgIpc) is 1.69. The first-order valence-electron chi connectivity index (χ1n) is 2.05. The zero-order valence-electron chi connectivity index (χ0n) is 3.74. The Morgan fingerprint density at radius 2 is 2.57 bits per heavy atom. The van der Waals surface area contributed by atoms with Crippen LogP contribution in [-0.2, 0) is 0 Å². The highest BCUT2D eigenvalue weighted by molar-refractivity contribution is 5.59. The van der Waals surface area contributed by atoms with E-state index in [2.05, 4.69) is 5.10 Å². The van der Waals surface area contributed by atoms with Crippen LogP contribution in [0.25, 0.3) is 0 Å². The molecule has 3 heteroatoms. The van der Waals surface area contributed by atoms with Gasteiger partial charge >= 0.3 is 0 Å². The Morgan fingerprint density at radius 1 is 1.71 bits per heavy atom. The normalized spacial score (nSPS) is 18.1. The smallest absolute Gasteiger partial charge is 0.0278 e. The van der Waals surface area contributed by atoms with Crippen molar-refractivity contribution < 1.29 is 0 Å². The summed E-state index contributed by atoms with van der Waals surface area (Å²) in [7, 11) is 0. The standard InChI is InChI=1S/C4H5N2O/c7-6-4-2-1-3-5-6/h2-4H,1H2/q-1. The molecular weight excluding hydrogens is 92.1 g/mol. The van der Waals surface area contributed by atoms with Gasteiger partial charge in [0, 0.05) is 18.8 Å². The lowest BCUT2D eigenvalue weighted by atomic mass is 10.4. The first-order chi connectivity index (χ1) is 3.39. The summed E-state index contributed by atoms with van der Waals surface area (Å²) in [5, 5.41) is 14.0. The molecule has 0 spiro atoms. The zero-order valence-corrected chi connectivity index (χ0v) is 3.74. The summed E-state index contributed by atoms with van der Waals surface area (Å²) in [6.07, 6.45) is 5.48. The van der Waals surface area contributed by atoms with Crippen molar-refractivity contribution in [3.63, 3.8) is 0 Å². The van der Waals surface area contributed by atoms with Crippen molar-refractivity contribution in [1.82, 2.24) is 5.17 Å². The number of nitrogens with zero attached hydrogens (tertiary/aromatic N) is 2. The number of hydrazone groups is 1. The van der Waals surface area contributed by atoms with Gasteiger partial charge in [0.15, 0.2) is 0 Å². The second-order valence-electron chi connectivity index (χ2n) is 1.22. The van der Waals surface area contributed by atoms with E-state index in [9.17, 15) is 5.21 Å². The van der Waals surface area contributed by atoms with Gasteiger partial charge in [-0.15, -0.1) is 0 Å². The minimum atomic E-state index is 0.531. The van der Waals surface area contributed by atoms with Crippen LogP contribution >= 0.6 is 0 Å². The molecule has 0 saturated carbocycles. The minimum Gasteiger partial charge on any atom is -0.738 e. The van der Waals surface area contributed by atoms with E-state index in [1.54, 1.807) is 12.3 Å². The van der Waals surface area contributed by atoms with Crippen LogP contribution in [0.3, 0.4) is 0 Å². The molecular formula is C4H5N2O-. The third-order valence-corrected chi connectivity index (χ3v) is 0.670. The molecule has 0 aromatic carbocycles. The fraction of sp³-hybridized carbons (Fsp3) is 0.250. The molecule has 0 bridgehead atoms. The number of hydroxylamine groups is 1. The maximum absolute atomic E-state index is 10.1. The van der Waals surface area contributed by atoms with E-state index in [0.29, 0.717) is 5.17 Å². The van der Waals surface area contributed by atoms with Crippen molar-refractivity contribution in [3.05, 3.63) is 17.5 Å². The van der Waals surface area contributed by atoms with Gasteiger partial charge in [-0.2, -0.15) is 5.10 Å². The van der Waals surface area contributed by atoms with Crippen LogP contribution in [0.15, 0.2) is 17.4 Å². The Labute approximate surface area is 41.5 Å². The van der Waals surface area contributed by atoms with Crippen LogP contribution < -0.4 is 0 Å². The molecule has 1 heterocycles. The van der Waals surface area contributed by atoms with Crippen LogP contribution in [0.2, 0.25) is 0 Å². The summed E-state index contributed by atoms with van der Waals surface area (Å²) in [6, 6.07) is 0. The average molecular weight is 97.1 g/mol. The first-order valence-corrected chi connectivity index (χ1v) is 2.05. The highest BCUT2D eigenvalue weighted by atomic mass is 16.5. The topological polar surface area (TPSA) is 38.7 Å². The molecule has 0 unspecified atom stereocenters. The van der Waals surface area contributed by atoms with Gasteiger partial charge in [-0.1, -0.05) is 6.08 Å². The highest BCUT2D eigenvalue weighted by Crippen LogP contribution is 1.93. The van der Waals surface area contributed by atoms with E-state index in [1.807, 2.05) is 0 Å². The molecule has 0 amide bonds. The lowest BCUT2D eigenvalue weighted by Gasteiger charge is -2.20.